The second-order valence-corrected chi connectivity index (χ2v) is 3.99. The Morgan fingerprint density at radius 2 is 2.07 bits per heavy atom. The molecule has 84 valence electrons. The van der Waals surface area contributed by atoms with Crippen LogP contribution >= 0.6 is 0 Å². The molecule has 0 fully saturated rings. The third-order valence-electron chi connectivity index (χ3n) is 2.12. The van der Waals surface area contributed by atoms with Gasteiger partial charge in [0, 0.05) is 13.7 Å². The Hall–Kier alpha value is -0.610. The maximum absolute atomic E-state index is 10.3. The number of carboxylic acids is 1. The van der Waals surface area contributed by atoms with Crippen LogP contribution in [-0.2, 0) is 14.3 Å². The predicted molar refractivity (Wildman–Crippen MR) is 53.4 cm³/mol. The van der Waals surface area contributed by atoms with Crippen molar-refractivity contribution in [3.63, 3.8) is 0 Å². The van der Waals surface area contributed by atoms with Crippen molar-refractivity contribution in [3.05, 3.63) is 0 Å². The molecule has 0 aliphatic carbocycles. The molecule has 1 N–H and O–H groups in total. The van der Waals surface area contributed by atoms with E-state index in [9.17, 15) is 4.79 Å². The number of hydrogen-bond donors (Lipinski definition) is 1. The van der Waals surface area contributed by atoms with Crippen molar-refractivity contribution in [3.8, 4) is 0 Å². The van der Waals surface area contributed by atoms with Gasteiger partial charge in [0.15, 0.2) is 0 Å². The van der Waals surface area contributed by atoms with Gasteiger partial charge < -0.3 is 14.6 Å². The fraction of sp³-hybridized carbons (Fsp3) is 0.900. The molecule has 0 rings (SSSR count). The van der Waals surface area contributed by atoms with E-state index < -0.39 is 5.97 Å². The van der Waals surface area contributed by atoms with Crippen LogP contribution in [0.2, 0.25) is 0 Å². The molecular weight excluding hydrogens is 184 g/mol. The molecule has 0 radical (unpaired) electrons. The van der Waals surface area contributed by atoms with E-state index in [1.165, 1.54) is 0 Å². The molecule has 0 unspecified atom stereocenters. The normalized spacial score (nSPS) is 14.0. The summed E-state index contributed by atoms with van der Waals surface area (Å²) in [6.45, 7) is 6.22. The van der Waals surface area contributed by atoms with Gasteiger partial charge in [0.1, 0.15) is 0 Å². The minimum Gasteiger partial charge on any atom is -0.481 e. The third-order valence-corrected chi connectivity index (χ3v) is 2.12. The van der Waals surface area contributed by atoms with E-state index in [4.69, 9.17) is 14.6 Å². The first-order valence-electron chi connectivity index (χ1n) is 4.76. The highest BCUT2D eigenvalue weighted by Gasteiger charge is 2.16. The molecular formula is C10H20O4. The number of ether oxygens (including phenoxy) is 2. The van der Waals surface area contributed by atoms with Crippen LogP contribution in [0, 0.1) is 0 Å². The Morgan fingerprint density at radius 3 is 2.50 bits per heavy atom. The standard InChI is InChI=1S/C10H20O4/c1-8(7-9(11)12)14-6-5-10(2,3)13-4/h8H,5-7H2,1-4H3,(H,11,12)/t8-/m0/s1. The van der Waals surface area contributed by atoms with Crippen LogP contribution in [0.5, 0.6) is 0 Å². The maximum Gasteiger partial charge on any atom is 0.305 e. The fourth-order valence-corrected chi connectivity index (χ4v) is 0.913. The van der Waals surface area contributed by atoms with Crippen LogP contribution in [0.15, 0.2) is 0 Å². The van der Waals surface area contributed by atoms with Crippen LogP contribution in [0.3, 0.4) is 0 Å². The molecule has 0 bridgehead atoms. The lowest BCUT2D eigenvalue weighted by molar-refractivity contribution is -0.140. The maximum atomic E-state index is 10.3. The average molecular weight is 204 g/mol. The molecule has 0 amide bonds. The molecule has 14 heavy (non-hydrogen) atoms. The smallest absolute Gasteiger partial charge is 0.305 e. The molecule has 0 aromatic rings. The Kier molecular flexibility index (Phi) is 5.72. The van der Waals surface area contributed by atoms with Gasteiger partial charge >= 0.3 is 5.97 Å². The molecule has 0 aromatic carbocycles. The largest absolute Gasteiger partial charge is 0.481 e. The van der Waals surface area contributed by atoms with E-state index in [1.807, 2.05) is 13.8 Å². The first-order valence-corrected chi connectivity index (χ1v) is 4.76. The molecule has 0 saturated carbocycles. The quantitative estimate of drug-likeness (QED) is 0.685. The lowest BCUT2D eigenvalue weighted by Gasteiger charge is -2.23. The summed E-state index contributed by atoms with van der Waals surface area (Å²) in [6, 6.07) is 0. The number of carbonyl (C=O) groups is 1. The lowest BCUT2D eigenvalue weighted by Crippen LogP contribution is -2.26. The van der Waals surface area contributed by atoms with Crippen molar-refractivity contribution in [1.82, 2.24) is 0 Å². The highest BCUT2D eigenvalue weighted by molar-refractivity contribution is 5.67. The average Bonchev–Trinajstić information content (AvgIpc) is 2.02. The van der Waals surface area contributed by atoms with Crippen molar-refractivity contribution >= 4 is 5.97 Å². The summed E-state index contributed by atoms with van der Waals surface area (Å²) in [5, 5.41) is 8.48. The van der Waals surface area contributed by atoms with Crippen LogP contribution < -0.4 is 0 Å². The number of aliphatic carboxylic acids is 1. The Morgan fingerprint density at radius 1 is 1.50 bits per heavy atom. The van der Waals surface area contributed by atoms with Gasteiger partial charge in [-0.2, -0.15) is 0 Å². The van der Waals surface area contributed by atoms with E-state index in [1.54, 1.807) is 14.0 Å². The Bertz CT molecular complexity index is 177. The summed E-state index contributed by atoms with van der Waals surface area (Å²) in [5.74, 6) is -0.830. The molecule has 0 aliphatic rings. The topological polar surface area (TPSA) is 55.8 Å². The number of carboxylic acid groups (broad SMARTS) is 1. The highest BCUT2D eigenvalue weighted by Crippen LogP contribution is 2.13. The van der Waals surface area contributed by atoms with Crippen molar-refractivity contribution in [2.24, 2.45) is 0 Å². The van der Waals surface area contributed by atoms with Crippen molar-refractivity contribution in [2.45, 2.75) is 45.3 Å². The van der Waals surface area contributed by atoms with Gasteiger partial charge in [-0.15, -0.1) is 0 Å². The van der Waals surface area contributed by atoms with Crippen LogP contribution in [0.25, 0.3) is 0 Å². The molecule has 0 saturated heterocycles. The minimum atomic E-state index is -0.830. The summed E-state index contributed by atoms with van der Waals surface area (Å²) >= 11 is 0. The van der Waals surface area contributed by atoms with Crippen molar-refractivity contribution in [1.29, 1.82) is 0 Å². The first-order chi connectivity index (χ1) is 6.37. The fourth-order valence-electron chi connectivity index (χ4n) is 0.913. The molecule has 0 aliphatic heterocycles. The number of rotatable bonds is 7. The SMILES string of the molecule is COC(C)(C)CCO[C@@H](C)CC(=O)O. The summed E-state index contributed by atoms with van der Waals surface area (Å²) in [6.07, 6.45) is 0.570. The molecule has 4 nitrogen and oxygen atoms in total. The van der Waals surface area contributed by atoms with E-state index in [-0.39, 0.29) is 18.1 Å². The van der Waals surface area contributed by atoms with Gasteiger partial charge in [0.25, 0.3) is 0 Å². The van der Waals surface area contributed by atoms with E-state index in [0.29, 0.717) is 6.61 Å². The monoisotopic (exact) mass is 204 g/mol. The molecule has 0 spiro atoms. The van der Waals surface area contributed by atoms with Gasteiger partial charge in [-0.1, -0.05) is 0 Å². The van der Waals surface area contributed by atoms with Crippen molar-refractivity contribution in [2.75, 3.05) is 13.7 Å². The molecule has 1 atom stereocenters. The molecule has 0 aromatic heterocycles. The van der Waals surface area contributed by atoms with Crippen LogP contribution in [-0.4, -0.2) is 36.5 Å². The summed E-state index contributed by atoms with van der Waals surface area (Å²) in [7, 11) is 1.65. The Balaban J connectivity index is 3.58. The summed E-state index contributed by atoms with van der Waals surface area (Å²) in [4.78, 5) is 10.3. The van der Waals surface area contributed by atoms with E-state index in [2.05, 4.69) is 0 Å². The molecule has 4 heteroatoms. The van der Waals surface area contributed by atoms with Crippen LogP contribution in [0.4, 0.5) is 0 Å². The second-order valence-electron chi connectivity index (χ2n) is 3.99. The second kappa shape index (κ2) is 5.98. The van der Waals surface area contributed by atoms with Crippen LogP contribution in [0.1, 0.15) is 33.6 Å². The first kappa shape index (κ1) is 13.4. The zero-order valence-electron chi connectivity index (χ0n) is 9.37. The van der Waals surface area contributed by atoms with Crippen molar-refractivity contribution < 1.29 is 19.4 Å². The highest BCUT2D eigenvalue weighted by atomic mass is 16.5. The summed E-state index contributed by atoms with van der Waals surface area (Å²) in [5.41, 5.74) is -0.205. The lowest BCUT2D eigenvalue weighted by atomic mass is 10.1. The number of hydrogen-bond acceptors (Lipinski definition) is 3. The van der Waals surface area contributed by atoms with E-state index >= 15 is 0 Å². The minimum absolute atomic E-state index is 0.0490. The van der Waals surface area contributed by atoms with Gasteiger partial charge in [0.2, 0.25) is 0 Å². The summed E-state index contributed by atoms with van der Waals surface area (Å²) < 4.78 is 10.5. The van der Waals surface area contributed by atoms with Gasteiger partial charge in [-0.25, -0.2) is 0 Å². The Labute approximate surface area is 85.2 Å². The van der Waals surface area contributed by atoms with Gasteiger partial charge in [0.05, 0.1) is 18.1 Å². The number of methoxy groups -OCH3 is 1. The molecule has 0 heterocycles. The van der Waals surface area contributed by atoms with E-state index in [0.717, 1.165) is 6.42 Å². The zero-order chi connectivity index (χ0) is 11.2. The van der Waals surface area contributed by atoms with Gasteiger partial charge in [-0.05, 0) is 27.2 Å². The third kappa shape index (κ3) is 6.86. The van der Waals surface area contributed by atoms with Gasteiger partial charge in [-0.3, -0.25) is 4.79 Å². The zero-order valence-corrected chi connectivity index (χ0v) is 9.37. The predicted octanol–water partition coefficient (Wildman–Crippen LogP) is 1.68.